The lowest BCUT2D eigenvalue weighted by Gasteiger charge is -2.16. The molecule has 3 N–H and O–H groups in total. The Balaban J connectivity index is 2.77. The van der Waals surface area contributed by atoms with Crippen molar-refractivity contribution in [3.8, 4) is 0 Å². The van der Waals surface area contributed by atoms with Gasteiger partial charge >= 0.3 is 0 Å². The van der Waals surface area contributed by atoms with E-state index in [1.54, 1.807) is 18.2 Å². The SMILES string of the molecule is Cc1cc(N)ccc1NC(C)C(F)F. The molecule has 0 saturated heterocycles. The van der Waals surface area contributed by atoms with Crippen LogP contribution in [0, 0.1) is 6.92 Å². The average Bonchev–Trinajstić information content (AvgIpc) is 2.09. The van der Waals surface area contributed by atoms with Crippen molar-refractivity contribution < 1.29 is 8.78 Å². The Bertz CT molecular complexity index is 313. The molecular weight excluding hydrogens is 186 g/mol. The number of nitrogen functional groups attached to an aromatic ring is 1. The Hall–Kier alpha value is -1.32. The van der Waals surface area contributed by atoms with E-state index >= 15 is 0 Å². The van der Waals surface area contributed by atoms with Gasteiger partial charge in [-0.15, -0.1) is 0 Å². The topological polar surface area (TPSA) is 38.0 Å². The van der Waals surface area contributed by atoms with E-state index < -0.39 is 12.5 Å². The average molecular weight is 200 g/mol. The van der Waals surface area contributed by atoms with Gasteiger partial charge in [-0.25, -0.2) is 8.78 Å². The fraction of sp³-hybridized carbons (Fsp3) is 0.400. The van der Waals surface area contributed by atoms with Crippen LogP contribution in [0.2, 0.25) is 0 Å². The van der Waals surface area contributed by atoms with Crippen LogP contribution in [0.1, 0.15) is 12.5 Å². The number of hydrogen-bond acceptors (Lipinski definition) is 2. The van der Waals surface area contributed by atoms with Gasteiger partial charge in [-0.05, 0) is 37.6 Å². The maximum absolute atomic E-state index is 12.2. The lowest BCUT2D eigenvalue weighted by Crippen LogP contribution is -2.24. The fourth-order valence-corrected chi connectivity index (χ4v) is 1.16. The molecule has 1 rings (SSSR count). The monoisotopic (exact) mass is 200 g/mol. The number of rotatable bonds is 3. The standard InChI is InChI=1S/C10H14F2N2/c1-6-5-8(13)3-4-9(6)14-7(2)10(11)12/h3-5,7,10,14H,13H2,1-2H3. The molecular formula is C10H14F2N2. The van der Waals surface area contributed by atoms with Gasteiger partial charge in [0.15, 0.2) is 0 Å². The number of benzene rings is 1. The van der Waals surface area contributed by atoms with Crippen LogP contribution in [-0.2, 0) is 0 Å². The van der Waals surface area contributed by atoms with Gasteiger partial charge in [0.2, 0.25) is 0 Å². The smallest absolute Gasteiger partial charge is 0.258 e. The van der Waals surface area contributed by atoms with E-state index in [1.165, 1.54) is 6.92 Å². The lowest BCUT2D eigenvalue weighted by atomic mass is 10.1. The number of aryl methyl sites for hydroxylation is 1. The molecule has 1 aromatic rings. The first-order chi connectivity index (χ1) is 6.50. The number of alkyl halides is 2. The molecule has 78 valence electrons. The summed E-state index contributed by atoms with van der Waals surface area (Å²) in [6, 6.07) is 4.30. The summed E-state index contributed by atoms with van der Waals surface area (Å²) >= 11 is 0. The predicted molar refractivity (Wildman–Crippen MR) is 54.7 cm³/mol. The largest absolute Gasteiger partial charge is 0.399 e. The Labute approximate surface area is 82.1 Å². The second-order valence-electron chi connectivity index (χ2n) is 3.34. The van der Waals surface area contributed by atoms with Gasteiger partial charge in [0, 0.05) is 11.4 Å². The molecule has 0 heterocycles. The van der Waals surface area contributed by atoms with Gasteiger partial charge in [0.1, 0.15) is 0 Å². The van der Waals surface area contributed by atoms with Crippen LogP contribution >= 0.6 is 0 Å². The molecule has 0 spiro atoms. The van der Waals surface area contributed by atoms with E-state index in [0.717, 1.165) is 5.56 Å². The van der Waals surface area contributed by atoms with Crippen LogP contribution in [-0.4, -0.2) is 12.5 Å². The van der Waals surface area contributed by atoms with Gasteiger partial charge in [-0.2, -0.15) is 0 Å². The summed E-state index contributed by atoms with van der Waals surface area (Å²) in [4.78, 5) is 0. The highest BCUT2D eigenvalue weighted by Crippen LogP contribution is 2.19. The molecule has 0 radical (unpaired) electrons. The maximum Gasteiger partial charge on any atom is 0.258 e. The Morgan fingerprint density at radius 3 is 2.50 bits per heavy atom. The number of anilines is 2. The number of hydrogen-bond donors (Lipinski definition) is 2. The van der Waals surface area contributed by atoms with Crippen molar-refractivity contribution >= 4 is 11.4 Å². The molecule has 0 amide bonds. The van der Waals surface area contributed by atoms with E-state index in [0.29, 0.717) is 11.4 Å². The molecule has 2 nitrogen and oxygen atoms in total. The first-order valence-electron chi connectivity index (χ1n) is 4.41. The maximum atomic E-state index is 12.2. The third-order valence-corrected chi connectivity index (χ3v) is 2.01. The van der Waals surface area contributed by atoms with Crippen molar-refractivity contribution in [1.29, 1.82) is 0 Å². The molecule has 0 aliphatic carbocycles. The minimum atomic E-state index is -2.37. The summed E-state index contributed by atoms with van der Waals surface area (Å²) in [6.07, 6.45) is -2.37. The molecule has 0 aliphatic rings. The van der Waals surface area contributed by atoms with Crippen molar-refractivity contribution in [1.82, 2.24) is 0 Å². The van der Waals surface area contributed by atoms with E-state index in [4.69, 9.17) is 5.73 Å². The highest BCUT2D eigenvalue weighted by molar-refractivity contribution is 5.57. The van der Waals surface area contributed by atoms with Crippen molar-refractivity contribution in [3.05, 3.63) is 23.8 Å². The van der Waals surface area contributed by atoms with Crippen LogP contribution in [0.25, 0.3) is 0 Å². The Morgan fingerprint density at radius 2 is 2.00 bits per heavy atom. The van der Waals surface area contributed by atoms with Crippen molar-refractivity contribution in [2.24, 2.45) is 0 Å². The van der Waals surface area contributed by atoms with Crippen LogP contribution in [0.4, 0.5) is 20.2 Å². The number of nitrogens with two attached hydrogens (primary N) is 1. The molecule has 0 bridgehead atoms. The quantitative estimate of drug-likeness (QED) is 0.736. The van der Waals surface area contributed by atoms with Crippen LogP contribution in [0.5, 0.6) is 0 Å². The van der Waals surface area contributed by atoms with Crippen molar-refractivity contribution in [2.45, 2.75) is 26.3 Å². The van der Waals surface area contributed by atoms with Crippen molar-refractivity contribution in [2.75, 3.05) is 11.1 Å². The summed E-state index contributed by atoms with van der Waals surface area (Å²) in [5.74, 6) is 0. The summed E-state index contributed by atoms with van der Waals surface area (Å²) in [5.41, 5.74) is 7.75. The zero-order chi connectivity index (χ0) is 10.7. The van der Waals surface area contributed by atoms with Gasteiger partial charge in [0.05, 0.1) is 6.04 Å². The Kier molecular flexibility index (Phi) is 3.28. The molecule has 0 aliphatic heterocycles. The van der Waals surface area contributed by atoms with E-state index in [9.17, 15) is 8.78 Å². The summed E-state index contributed by atoms with van der Waals surface area (Å²) in [7, 11) is 0. The first-order valence-corrected chi connectivity index (χ1v) is 4.41. The predicted octanol–water partition coefficient (Wildman–Crippen LogP) is 2.64. The van der Waals surface area contributed by atoms with Gasteiger partial charge in [-0.1, -0.05) is 0 Å². The molecule has 0 aromatic heterocycles. The minimum absolute atomic E-state index is 0.637. The second-order valence-corrected chi connectivity index (χ2v) is 3.34. The van der Waals surface area contributed by atoms with Crippen LogP contribution in [0.3, 0.4) is 0 Å². The second kappa shape index (κ2) is 4.26. The van der Waals surface area contributed by atoms with E-state index in [1.807, 2.05) is 6.92 Å². The molecule has 14 heavy (non-hydrogen) atoms. The highest BCUT2D eigenvalue weighted by atomic mass is 19.3. The van der Waals surface area contributed by atoms with Crippen molar-refractivity contribution in [3.63, 3.8) is 0 Å². The highest BCUT2D eigenvalue weighted by Gasteiger charge is 2.14. The third kappa shape index (κ3) is 2.58. The van der Waals surface area contributed by atoms with Gasteiger partial charge < -0.3 is 11.1 Å². The van der Waals surface area contributed by atoms with Gasteiger partial charge in [-0.3, -0.25) is 0 Å². The third-order valence-electron chi connectivity index (χ3n) is 2.01. The number of halogens is 2. The van der Waals surface area contributed by atoms with Crippen LogP contribution in [0.15, 0.2) is 18.2 Å². The zero-order valence-corrected chi connectivity index (χ0v) is 8.22. The van der Waals surface area contributed by atoms with E-state index in [2.05, 4.69) is 5.32 Å². The summed E-state index contributed by atoms with van der Waals surface area (Å²) in [6.45, 7) is 3.28. The molecule has 0 fully saturated rings. The summed E-state index contributed by atoms with van der Waals surface area (Å²) < 4.78 is 24.5. The lowest BCUT2D eigenvalue weighted by molar-refractivity contribution is 0.130. The first kappa shape index (κ1) is 10.8. The summed E-state index contributed by atoms with van der Waals surface area (Å²) in [5, 5.41) is 2.73. The van der Waals surface area contributed by atoms with E-state index in [-0.39, 0.29) is 0 Å². The molecule has 1 unspecified atom stereocenters. The molecule has 1 atom stereocenters. The molecule has 4 heteroatoms. The normalized spacial score (nSPS) is 12.9. The van der Waals surface area contributed by atoms with Crippen LogP contribution < -0.4 is 11.1 Å². The molecule has 1 aromatic carbocycles. The Morgan fingerprint density at radius 1 is 1.36 bits per heavy atom. The fourth-order valence-electron chi connectivity index (χ4n) is 1.16. The van der Waals surface area contributed by atoms with Gasteiger partial charge in [0.25, 0.3) is 6.43 Å². The number of nitrogens with one attached hydrogen (secondary N) is 1. The zero-order valence-electron chi connectivity index (χ0n) is 8.22. The minimum Gasteiger partial charge on any atom is -0.399 e. The molecule has 0 saturated carbocycles.